The Morgan fingerprint density at radius 3 is 2.50 bits per heavy atom. The fourth-order valence-corrected chi connectivity index (χ4v) is 2.80. The summed E-state index contributed by atoms with van der Waals surface area (Å²) in [5, 5.41) is 1.24. The van der Waals surface area contributed by atoms with E-state index in [0.29, 0.717) is 5.02 Å². The van der Waals surface area contributed by atoms with Crippen molar-refractivity contribution in [2.24, 2.45) is 4.99 Å². The van der Waals surface area contributed by atoms with E-state index in [9.17, 15) is 4.79 Å². The molecule has 2 rings (SSSR count). The van der Waals surface area contributed by atoms with Crippen LogP contribution in [0.2, 0.25) is 5.02 Å². The number of hydrogen-bond donors (Lipinski definition) is 0. The summed E-state index contributed by atoms with van der Waals surface area (Å²) >= 11 is 7.28. The summed E-state index contributed by atoms with van der Waals surface area (Å²) in [5.41, 5.74) is 0.963. The molecule has 84 valence electrons. The smallest absolute Gasteiger partial charge is 0.246 e. The highest BCUT2D eigenvalue weighted by atomic mass is 35.5. The molecule has 0 aromatic heterocycles. The van der Waals surface area contributed by atoms with Gasteiger partial charge in [-0.05, 0) is 17.7 Å². The minimum absolute atomic E-state index is 0.0629. The molecule has 0 spiro atoms. The highest BCUT2D eigenvalue weighted by Gasteiger charge is 2.36. The molecule has 1 heterocycles. The van der Waals surface area contributed by atoms with Crippen LogP contribution < -0.4 is 0 Å². The zero-order valence-corrected chi connectivity index (χ0v) is 10.5. The molecule has 1 fully saturated rings. The van der Waals surface area contributed by atoms with Gasteiger partial charge in [-0.25, -0.2) is 0 Å². The van der Waals surface area contributed by atoms with Gasteiger partial charge >= 0.3 is 0 Å². The number of amidine groups is 1. The van der Waals surface area contributed by atoms with Crippen molar-refractivity contribution in [3.8, 4) is 0 Å². The van der Waals surface area contributed by atoms with Crippen LogP contribution in [0.15, 0.2) is 29.3 Å². The first-order chi connectivity index (χ1) is 7.63. The van der Waals surface area contributed by atoms with Crippen LogP contribution in [0.4, 0.5) is 0 Å². The second-order valence-electron chi connectivity index (χ2n) is 3.45. The summed E-state index contributed by atoms with van der Waals surface area (Å²) in [7, 11) is 3.43. The first-order valence-electron chi connectivity index (χ1n) is 4.80. The van der Waals surface area contributed by atoms with Gasteiger partial charge in [0.05, 0.1) is 0 Å². The molecule has 0 N–H and O–H groups in total. The van der Waals surface area contributed by atoms with E-state index in [1.54, 1.807) is 31.1 Å². The largest absolute Gasteiger partial charge is 0.293 e. The number of likely N-dealkylation sites (N-methyl/N-ethyl adjacent to an activating group) is 1. The van der Waals surface area contributed by atoms with Gasteiger partial charge in [0.15, 0.2) is 5.17 Å². The monoisotopic (exact) mass is 254 g/mol. The highest BCUT2D eigenvalue weighted by molar-refractivity contribution is 8.15. The number of carbonyl (C=O) groups excluding carboxylic acids is 1. The average Bonchev–Trinajstić information content (AvgIpc) is 2.57. The van der Waals surface area contributed by atoms with Gasteiger partial charge in [-0.3, -0.25) is 14.7 Å². The lowest BCUT2D eigenvalue weighted by Gasteiger charge is -2.08. The third-order valence-electron chi connectivity index (χ3n) is 2.43. The highest BCUT2D eigenvalue weighted by Crippen LogP contribution is 2.38. The van der Waals surface area contributed by atoms with Crippen molar-refractivity contribution >= 4 is 34.4 Å². The maximum Gasteiger partial charge on any atom is 0.246 e. The first-order valence-corrected chi connectivity index (χ1v) is 6.05. The third kappa shape index (κ3) is 1.95. The van der Waals surface area contributed by atoms with E-state index in [1.807, 2.05) is 12.1 Å². The molecule has 1 amide bonds. The molecule has 1 aliphatic heterocycles. The van der Waals surface area contributed by atoms with Crippen molar-refractivity contribution in [3.63, 3.8) is 0 Å². The van der Waals surface area contributed by atoms with Crippen LogP contribution in [0.3, 0.4) is 0 Å². The molecule has 1 aromatic rings. The number of halogens is 1. The van der Waals surface area contributed by atoms with Gasteiger partial charge in [-0.2, -0.15) is 0 Å². The average molecular weight is 255 g/mol. The van der Waals surface area contributed by atoms with E-state index in [4.69, 9.17) is 11.6 Å². The number of hydrogen-bond acceptors (Lipinski definition) is 3. The maximum atomic E-state index is 12.0. The molecule has 5 heteroatoms. The predicted molar refractivity (Wildman–Crippen MR) is 67.9 cm³/mol. The Bertz CT molecular complexity index is 444. The quantitative estimate of drug-likeness (QED) is 0.772. The van der Waals surface area contributed by atoms with Gasteiger partial charge in [0.2, 0.25) is 5.91 Å². The van der Waals surface area contributed by atoms with Crippen LogP contribution in [-0.4, -0.2) is 30.1 Å². The van der Waals surface area contributed by atoms with Crippen molar-refractivity contribution in [2.45, 2.75) is 5.25 Å². The first kappa shape index (κ1) is 11.5. The SMILES string of the molecule is CN=C1SC(c2ccc(Cl)cc2)C(=O)N1C. The van der Waals surface area contributed by atoms with E-state index in [0.717, 1.165) is 10.7 Å². The molecule has 0 radical (unpaired) electrons. The van der Waals surface area contributed by atoms with Gasteiger partial charge in [0.1, 0.15) is 5.25 Å². The summed E-state index contributed by atoms with van der Waals surface area (Å²) in [6, 6.07) is 7.35. The number of rotatable bonds is 1. The molecule has 1 unspecified atom stereocenters. The lowest BCUT2D eigenvalue weighted by Crippen LogP contribution is -2.25. The molecule has 1 saturated heterocycles. The fraction of sp³-hybridized carbons (Fsp3) is 0.273. The number of aliphatic imine (C=N–C) groups is 1. The van der Waals surface area contributed by atoms with Crippen LogP contribution >= 0.6 is 23.4 Å². The van der Waals surface area contributed by atoms with Crippen LogP contribution in [0.5, 0.6) is 0 Å². The number of benzene rings is 1. The Labute approximate surface area is 103 Å². The van der Waals surface area contributed by atoms with Gasteiger partial charge in [-0.15, -0.1) is 0 Å². The van der Waals surface area contributed by atoms with Crippen LogP contribution in [0.25, 0.3) is 0 Å². The minimum Gasteiger partial charge on any atom is -0.293 e. The molecular weight excluding hydrogens is 244 g/mol. The van der Waals surface area contributed by atoms with Gasteiger partial charge < -0.3 is 0 Å². The second-order valence-corrected chi connectivity index (χ2v) is 4.96. The standard InChI is InChI=1S/C11H11ClN2OS/c1-13-11-14(2)10(15)9(16-11)7-3-5-8(12)6-4-7/h3-6,9H,1-2H3. The lowest BCUT2D eigenvalue weighted by atomic mass is 10.1. The second kappa shape index (κ2) is 4.47. The summed E-state index contributed by atoms with van der Waals surface area (Å²) in [6.07, 6.45) is 0. The maximum absolute atomic E-state index is 12.0. The van der Waals surface area contributed by atoms with E-state index < -0.39 is 0 Å². The third-order valence-corrected chi connectivity index (χ3v) is 4.06. The molecule has 0 bridgehead atoms. The summed E-state index contributed by atoms with van der Waals surface area (Å²) < 4.78 is 0. The predicted octanol–water partition coefficient (Wildman–Crippen LogP) is 2.57. The Balaban J connectivity index is 2.30. The van der Waals surface area contributed by atoms with E-state index in [2.05, 4.69) is 4.99 Å². The molecular formula is C11H11ClN2OS. The fourth-order valence-electron chi connectivity index (χ4n) is 1.56. The molecule has 16 heavy (non-hydrogen) atoms. The van der Waals surface area contributed by atoms with Crippen molar-refractivity contribution in [1.29, 1.82) is 0 Å². The zero-order valence-electron chi connectivity index (χ0n) is 8.98. The lowest BCUT2D eigenvalue weighted by molar-refractivity contribution is -0.125. The number of amides is 1. The molecule has 1 aromatic carbocycles. The van der Waals surface area contributed by atoms with Crippen LogP contribution in [0.1, 0.15) is 10.8 Å². The zero-order chi connectivity index (χ0) is 11.7. The summed E-state index contributed by atoms with van der Waals surface area (Å²) in [6.45, 7) is 0. The van der Waals surface area contributed by atoms with Gasteiger partial charge in [-0.1, -0.05) is 35.5 Å². The Morgan fingerprint density at radius 1 is 1.38 bits per heavy atom. The molecule has 1 atom stereocenters. The number of nitrogens with zero attached hydrogens (tertiary/aromatic N) is 2. The molecule has 3 nitrogen and oxygen atoms in total. The van der Waals surface area contributed by atoms with Crippen LogP contribution in [-0.2, 0) is 4.79 Å². The summed E-state index contributed by atoms with van der Waals surface area (Å²) in [5.74, 6) is 0.0629. The molecule has 1 aliphatic rings. The van der Waals surface area contributed by atoms with Gasteiger partial charge in [0, 0.05) is 19.1 Å². The Morgan fingerprint density at radius 2 is 2.00 bits per heavy atom. The minimum atomic E-state index is -0.194. The van der Waals surface area contributed by atoms with Crippen molar-refractivity contribution in [1.82, 2.24) is 4.90 Å². The molecule has 0 aliphatic carbocycles. The Hall–Kier alpha value is -1.00. The van der Waals surface area contributed by atoms with Crippen molar-refractivity contribution in [2.75, 3.05) is 14.1 Å². The van der Waals surface area contributed by atoms with Crippen molar-refractivity contribution < 1.29 is 4.79 Å². The van der Waals surface area contributed by atoms with E-state index in [-0.39, 0.29) is 11.2 Å². The normalized spacial score (nSPS) is 23.2. The van der Waals surface area contributed by atoms with Gasteiger partial charge in [0.25, 0.3) is 0 Å². The van der Waals surface area contributed by atoms with E-state index >= 15 is 0 Å². The van der Waals surface area contributed by atoms with Crippen molar-refractivity contribution in [3.05, 3.63) is 34.9 Å². The topological polar surface area (TPSA) is 32.7 Å². The number of carbonyl (C=O) groups is 1. The molecule has 0 saturated carbocycles. The van der Waals surface area contributed by atoms with Crippen LogP contribution in [0, 0.1) is 0 Å². The Kier molecular flexibility index (Phi) is 3.21. The summed E-state index contributed by atoms with van der Waals surface area (Å²) in [4.78, 5) is 17.6. The number of thioether (sulfide) groups is 1. The van der Waals surface area contributed by atoms with E-state index in [1.165, 1.54) is 11.8 Å².